The summed E-state index contributed by atoms with van der Waals surface area (Å²) in [5, 5.41) is 3.00. The van der Waals surface area contributed by atoms with Crippen LogP contribution in [-0.2, 0) is 6.54 Å². The van der Waals surface area contributed by atoms with E-state index in [9.17, 15) is 4.79 Å². The van der Waals surface area contributed by atoms with Gasteiger partial charge < -0.3 is 5.32 Å². The fraction of sp³-hybridized carbons (Fsp3) is 0.235. The number of carbonyl (C=O) groups excluding carboxylic acids is 1. The summed E-state index contributed by atoms with van der Waals surface area (Å²) in [5.41, 5.74) is 5.49. The van der Waals surface area contributed by atoms with Crippen LogP contribution in [0.3, 0.4) is 0 Å². The standard InChI is InChI=1S/C17H18INO/c1-11-7-8-14(13(3)9-11)10-19-17(20)15-6-4-5-12(2)16(15)18/h4-9H,10H2,1-3H3,(H,19,20). The minimum atomic E-state index is -0.0157. The zero-order chi connectivity index (χ0) is 14.7. The molecule has 0 atom stereocenters. The van der Waals surface area contributed by atoms with Crippen LogP contribution in [0.4, 0.5) is 0 Å². The molecule has 0 spiro atoms. The predicted molar refractivity (Wildman–Crippen MR) is 91.0 cm³/mol. The minimum Gasteiger partial charge on any atom is -0.348 e. The maximum absolute atomic E-state index is 12.3. The highest BCUT2D eigenvalue weighted by atomic mass is 127. The van der Waals surface area contributed by atoms with Crippen molar-refractivity contribution in [2.24, 2.45) is 0 Å². The van der Waals surface area contributed by atoms with Gasteiger partial charge in [-0.25, -0.2) is 0 Å². The number of carbonyl (C=O) groups is 1. The van der Waals surface area contributed by atoms with Gasteiger partial charge in [0, 0.05) is 10.1 Å². The molecule has 0 aromatic heterocycles. The van der Waals surface area contributed by atoms with E-state index in [1.807, 2.05) is 25.1 Å². The lowest BCUT2D eigenvalue weighted by Gasteiger charge is -2.10. The van der Waals surface area contributed by atoms with Gasteiger partial charge >= 0.3 is 0 Å². The van der Waals surface area contributed by atoms with Crippen molar-refractivity contribution in [1.82, 2.24) is 5.32 Å². The number of nitrogens with one attached hydrogen (secondary N) is 1. The Hall–Kier alpha value is -1.36. The van der Waals surface area contributed by atoms with E-state index in [0.29, 0.717) is 6.54 Å². The topological polar surface area (TPSA) is 29.1 Å². The van der Waals surface area contributed by atoms with Gasteiger partial charge in [-0.05, 0) is 66.1 Å². The van der Waals surface area contributed by atoms with Gasteiger partial charge in [0.15, 0.2) is 0 Å². The average molecular weight is 379 g/mol. The summed E-state index contributed by atoms with van der Waals surface area (Å²) in [6, 6.07) is 12.1. The van der Waals surface area contributed by atoms with E-state index in [1.165, 1.54) is 11.1 Å². The normalized spacial score (nSPS) is 10.4. The molecule has 0 saturated heterocycles. The Kier molecular flexibility index (Phi) is 4.81. The van der Waals surface area contributed by atoms with E-state index in [0.717, 1.165) is 20.3 Å². The molecule has 0 fully saturated rings. The monoisotopic (exact) mass is 379 g/mol. The van der Waals surface area contributed by atoms with Crippen LogP contribution >= 0.6 is 22.6 Å². The summed E-state index contributed by atoms with van der Waals surface area (Å²) in [7, 11) is 0. The van der Waals surface area contributed by atoms with Gasteiger partial charge in [0.05, 0.1) is 5.56 Å². The van der Waals surface area contributed by atoms with Gasteiger partial charge in [-0.15, -0.1) is 0 Å². The molecule has 20 heavy (non-hydrogen) atoms. The van der Waals surface area contributed by atoms with Crippen LogP contribution < -0.4 is 5.32 Å². The van der Waals surface area contributed by atoms with E-state index >= 15 is 0 Å². The van der Waals surface area contributed by atoms with Gasteiger partial charge in [0.2, 0.25) is 0 Å². The molecule has 2 aromatic rings. The number of benzene rings is 2. The van der Waals surface area contributed by atoms with Gasteiger partial charge in [-0.2, -0.15) is 0 Å². The van der Waals surface area contributed by atoms with Crippen LogP contribution in [-0.4, -0.2) is 5.91 Å². The molecule has 2 rings (SSSR count). The lowest BCUT2D eigenvalue weighted by molar-refractivity contribution is 0.0950. The zero-order valence-corrected chi connectivity index (χ0v) is 14.1. The quantitative estimate of drug-likeness (QED) is 0.798. The lowest BCUT2D eigenvalue weighted by Crippen LogP contribution is -2.24. The van der Waals surface area contributed by atoms with E-state index < -0.39 is 0 Å². The first-order valence-corrected chi connectivity index (χ1v) is 7.66. The third-order valence-corrected chi connectivity index (χ3v) is 4.81. The van der Waals surface area contributed by atoms with Gasteiger partial charge in [0.1, 0.15) is 0 Å². The molecule has 0 heterocycles. The Labute approximate surface area is 133 Å². The molecule has 3 heteroatoms. The third-order valence-electron chi connectivity index (χ3n) is 3.37. The van der Waals surface area contributed by atoms with Crippen LogP contribution in [0.15, 0.2) is 36.4 Å². The fourth-order valence-electron chi connectivity index (χ4n) is 2.14. The van der Waals surface area contributed by atoms with Crippen molar-refractivity contribution in [3.05, 3.63) is 67.8 Å². The Balaban J connectivity index is 2.11. The van der Waals surface area contributed by atoms with Crippen LogP contribution in [0.25, 0.3) is 0 Å². The highest BCUT2D eigenvalue weighted by Crippen LogP contribution is 2.17. The molecule has 1 N–H and O–H groups in total. The summed E-state index contributed by atoms with van der Waals surface area (Å²) in [6.07, 6.45) is 0. The van der Waals surface area contributed by atoms with Crippen LogP contribution in [0.5, 0.6) is 0 Å². The Morgan fingerprint density at radius 2 is 1.85 bits per heavy atom. The van der Waals surface area contributed by atoms with Gasteiger partial charge in [0.25, 0.3) is 5.91 Å². The third kappa shape index (κ3) is 3.39. The number of halogens is 1. The van der Waals surface area contributed by atoms with Crippen molar-refractivity contribution in [2.75, 3.05) is 0 Å². The highest BCUT2D eigenvalue weighted by molar-refractivity contribution is 14.1. The summed E-state index contributed by atoms with van der Waals surface area (Å²) < 4.78 is 1.02. The number of rotatable bonds is 3. The van der Waals surface area contributed by atoms with Crippen molar-refractivity contribution in [1.29, 1.82) is 0 Å². The maximum Gasteiger partial charge on any atom is 0.252 e. The molecule has 104 valence electrons. The highest BCUT2D eigenvalue weighted by Gasteiger charge is 2.11. The Morgan fingerprint density at radius 1 is 1.10 bits per heavy atom. The van der Waals surface area contributed by atoms with E-state index in [1.54, 1.807) is 0 Å². The first kappa shape index (κ1) is 15.0. The molecule has 0 radical (unpaired) electrons. The summed E-state index contributed by atoms with van der Waals surface area (Å²) in [4.78, 5) is 12.3. The van der Waals surface area contributed by atoms with E-state index in [2.05, 4.69) is 60.0 Å². The van der Waals surface area contributed by atoms with Crippen LogP contribution in [0, 0.1) is 24.3 Å². The lowest BCUT2D eigenvalue weighted by atomic mass is 10.1. The molecule has 1 amide bonds. The van der Waals surface area contributed by atoms with Crippen molar-refractivity contribution < 1.29 is 4.79 Å². The van der Waals surface area contributed by atoms with E-state index in [4.69, 9.17) is 0 Å². The molecular weight excluding hydrogens is 361 g/mol. The fourth-order valence-corrected chi connectivity index (χ4v) is 2.74. The Bertz CT molecular complexity index is 649. The van der Waals surface area contributed by atoms with Crippen LogP contribution in [0.1, 0.15) is 32.6 Å². The largest absolute Gasteiger partial charge is 0.348 e. The number of aryl methyl sites for hydroxylation is 3. The second-order valence-electron chi connectivity index (χ2n) is 5.05. The SMILES string of the molecule is Cc1ccc(CNC(=O)c2cccc(C)c2I)c(C)c1. The number of hydrogen-bond donors (Lipinski definition) is 1. The molecule has 0 aliphatic carbocycles. The van der Waals surface area contributed by atoms with Crippen molar-refractivity contribution in [3.63, 3.8) is 0 Å². The molecule has 0 unspecified atom stereocenters. The number of hydrogen-bond acceptors (Lipinski definition) is 1. The first-order chi connectivity index (χ1) is 9.49. The average Bonchev–Trinajstić information content (AvgIpc) is 2.40. The number of amides is 1. The van der Waals surface area contributed by atoms with E-state index in [-0.39, 0.29) is 5.91 Å². The van der Waals surface area contributed by atoms with Crippen molar-refractivity contribution in [3.8, 4) is 0 Å². The molecule has 2 nitrogen and oxygen atoms in total. The zero-order valence-electron chi connectivity index (χ0n) is 12.0. The molecular formula is C17H18INO. The Morgan fingerprint density at radius 3 is 2.55 bits per heavy atom. The molecule has 0 aliphatic rings. The van der Waals surface area contributed by atoms with Gasteiger partial charge in [-0.1, -0.05) is 35.9 Å². The molecule has 0 aliphatic heterocycles. The van der Waals surface area contributed by atoms with Crippen molar-refractivity contribution in [2.45, 2.75) is 27.3 Å². The summed E-state index contributed by atoms with van der Waals surface area (Å²) >= 11 is 2.22. The molecule has 2 aromatic carbocycles. The second kappa shape index (κ2) is 6.39. The van der Waals surface area contributed by atoms with Gasteiger partial charge in [-0.3, -0.25) is 4.79 Å². The predicted octanol–water partition coefficient (Wildman–Crippen LogP) is 4.15. The molecule has 0 saturated carbocycles. The first-order valence-electron chi connectivity index (χ1n) is 6.58. The van der Waals surface area contributed by atoms with Crippen molar-refractivity contribution >= 4 is 28.5 Å². The maximum atomic E-state index is 12.3. The smallest absolute Gasteiger partial charge is 0.252 e. The summed E-state index contributed by atoms with van der Waals surface area (Å²) in [5.74, 6) is -0.0157. The second-order valence-corrected chi connectivity index (χ2v) is 6.13. The van der Waals surface area contributed by atoms with Crippen LogP contribution in [0.2, 0.25) is 0 Å². The molecule has 0 bridgehead atoms. The summed E-state index contributed by atoms with van der Waals surface area (Å²) in [6.45, 7) is 6.73. The minimum absolute atomic E-state index is 0.0157.